The lowest BCUT2D eigenvalue weighted by molar-refractivity contribution is 0.0858. The summed E-state index contributed by atoms with van der Waals surface area (Å²) in [6.45, 7) is 2.27. The molecule has 0 aromatic heterocycles. The maximum Gasteiger partial charge on any atom is 0.341 e. The predicted molar refractivity (Wildman–Crippen MR) is 125 cm³/mol. The van der Waals surface area contributed by atoms with Crippen LogP contribution in [0.4, 0.5) is 9.18 Å². The maximum absolute atomic E-state index is 14.2. The number of nitrogens with zero attached hydrogens (tertiary/aromatic N) is 4. The van der Waals surface area contributed by atoms with Crippen LogP contribution in [0.25, 0.3) is 0 Å². The maximum atomic E-state index is 14.2. The van der Waals surface area contributed by atoms with Crippen molar-refractivity contribution in [1.82, 2.24) is 14.8 Å². The number of hydrogen-bond acceptors (Lipinski definition) is 5. The molecule has 1 saturated carbocycles. The van der Waals surface area contributed by atoms with Crippen molar-refractivity contribution in [1.29, 1.82) is 0 Å². The molecule has 178 valence electrons. The second-order valence-electron chi connectivity index (χ2n) is 9.88. The van der Waals surface area contributed by atoms with Gasteiger partial charge in [0, 0.05) is 17.6 Å². The Labute approximate surface area is 198 Å². The molecule has 6 rings (SSSR count). The van der Waals surface area contributed by atoms with Gasteiger partial charge >= 0.3 is 6.03 Å². The zero-order valence-corrected chi connectivity index (χ0v) is 19.2. The van der Waals surface area contributed by atoms with Crippen molar-refractivity contribution < 1.29 is 19.0 Å². The largest absolute Gasteiger partial charge is 0.508 e. The molecule has 0 bridgehead atoms. The summed E-state index contributed by atoms with van der Waals surface area (Å²) in [5.41, 5.74) is 2.05. The van der Waals surface area contributed by atoms with Crippen LogP contribution >= 0.6 is 0 Å². The topological polar surface area (TPSA) is 68.6 Å². The number of amides is 2. The van der Waals surface area contributed by atoms with Crippen LogP contribution in [0.5, 0.6) is 11.5 Å². The zero-order valence-electron chi connectivity index (χ0n) is 19.2. The van der Waals surface area contributed by atoms with Gasteiger partial charge in [0.2, 0.25) is 0 Å². The van der Waals surface area contributed by atoms with E-state index in [1.165, 1.54) is 12.1 Å². The smallest absolute Gasteiger partial charge is 0.341 e. The van der Waals surface area contributed by atoms with Gasteiger partial charge in [-0.3, -0.25) is 0 Å². The minimum Gasteiger partial charge on any atom is -0.508 e. The van der Waals surface area contributed by atoms with Crippen molar-refractivity contribution in [2.75, 3.05) is 26.7 Å². The van der Waals surface area contributed by atoms with Crippen molar-refractivity contribution >= 4 is 11.7 Å². The van der Waals surface area contributed by atoms with Gasteiger partial charge in [-0.25, -0.2) is 14.2 Å². The second-order valence-corrected chi connectivity index (χ2v) is 9.88. The summed E-state index contributed by atoms with van der Waals surface area (Å²) in [5.74, 6) is 0.0968. The molecule has 2 fully saturated rings. The number of piperidine rings is 1. The summed E-state index contributed by atoms with van der Waals surface area (Å²) in [5, 5.41) is 16.6. The van der Waals surface area contributed by atoms with Crippen molar-refractivity contribution in [3.63, 3.8) is 0 Å². The fourth-order valence-corrected chi connectivity index (χ4v) is 5.60. The molecule has 8 heteroatoms. The molecule has 3 heterocycles. The van der Waals surface area contributed by atoms with Crippen LogP contribution in [0.3, 0.4) is 0 Å². The third kappa shape index (κ3) is 3.70. The quantitative estimate of drug-likeness (QED) is 0.746. The van der Waals surface area contributed by atoms with Crippen LogP contribution in [0.2, 0.25) is 0 Å². The van der Waals surface area contributed by atoms with E-state index in [0.717, 1.165) is 44.3 Å². The van der Waals surface area contributed by atoms with E-state index in [1.54, 1.807) is 29.3 Å². The molecule has 1 N–H and O–H groups in total. The molecule has 0 spiro atoms. The summed E-state index contributed by atoms with van der Waals surface area (Å²) < 4.78 is 20.1. The molecule has 3 aliphatic heterocycles. The highest BCUT2D eigenvalue weighted by Crippen LogP contribution is 2.45. The molecular weight excluding hydrogens is 435 g/mol. The Bertz CT molecular complexity index is 1140. The van der Waals surface area contributed by atoms with E-state index >= 15 is 0 Å². The van der Waals surface area contributed by atoms with Gasteiger partial charge in [0.25, 0.3) is 0 Å². The number of ether oxygens (including phenoxy) is 1. The Balaban J connectivity index is 1.41. The number of hydrogen-bond donors (Lipinski definition) is 1. The van der Waals surface area contributed by atoms with Crippen LogP contribution in [0.1, 0.15) is 42.9 Å². The van der Waals surface area contributed by atoms with E-state index in [0.29, 0.717) is 23.6 Å². The molecule has 1 aliphatic carbocycles. The number of likely N-dealkylation sites (tertiary alicyclic amines) is 1. The van der Waals surface area contributed by atoms with Gasteiger partial charge in [-0.15, -0.1) is 0 Å². The highest BCUT2D eigenvalue weighted by Gasteiger charge is 2.49. The first-order valence-electron chi connectivity index (χ1n) is 12.1. The monoisotopic (exact) mass is 464 g/mol. The average Bonchev–Trinajstić information content (AvgIpc) is 3.58. The van der Waals surface area contributed by atoms with Gasteiger partial charge in [-0.05, 0) is 81.7 Å². The first kappa shape index (κ1) is 21.4. The third-order valence-electron chi connectivity index (χ3n) is 7.50. The summed E-state index contributed by atoms with van der Waals surface area (Å²) in [7, 11) is 2.12. The molecule has 1 saturated heterocycles. The molecule has 2 atom stereocenters. The number of halogens is 1. The third-order valence-corrected chi connectivity index (χ3v) is 7.50. The summed E-state index contributed by atoms with van der Waals surface area (Å²) in [6.07, 6.45) is 3.92. The van der Waals surface area contributed by atoms with Crippen LogP contribution in [0.15, 0.2) is 47.6 Å². The standard InChI is InChI=1S/C26H29FN4O3/c1-29-11-9-19(10-12-29)30(18-6-7-18)26(33)31-25(16-3-2-4-20(32)13-16)22-15-34-23-8-5-17(27)14-21(23)24(22)28-31/h2-5,8,13-14,18-19,22,25,32H,6-7,9-12,15H2,1H3. The number of benzene rings is 2. The Morgan fingerprint density at radius 3 is 2.62 bits per heavy atom. The van der Waals surface area contributed by atoms with E-state index in [9.17, 15) is 14.3 Å². The lowest BCUT2D eigenvalue weighted by Gasteiger charge is -2.40. The van der Waals surface area contributed by atoms with E-state index < -0.39 is 6.04 Å². The SMILES string of the molecule is CN1CCC(N(C(=O)N2N=C3c4cc(F)ccc4OCC3C2c2cccc(O)c2)C2CC2)CC1. The molecule has 2 aromatic rings. The molecule has 2 aromatic carbocycles. The minimum absolute atomic E-state index is 0.106. The van der Waals surface area contributed by atoms with E-state index in [1.807, 2.05) is 6.07 Å². The summed E-state index contributed by atoms with van der Waals surface area (Å²) >= 11 is 0. The van der Waals surface area contributed by atoms with Crippen LogP contribution in [0, 0.1) is 11.7 Å². The van der Waals surface area contributed by atoms with Crippen molar-refractivity contribution in [2.45, 2.75) is 43.8 Å². The van der Waals surface area contributed by atoms with Crippen LogP contribution in [-0.4, -0.2) is 70.5 Å². The number of fused-ring (bicyclic) bond motifs is 3. The number of rotatable bonds is 3. The van der Waals surface area contributed by atoms with E-state index in [2.05, 4.69) is 16.8 Å². The lowest BCUT2D eigenvalue weighted by Crippen LogP contribution is -2.51. The van der Waals surface area contributed by atoms with Gasteiger partial charge in [0.05, 0.1) is 24.3 Å². The molecule has 34 heavy (non-hydrogen) atoms. The predicted octanol–water partition coefficient (Wildman–Crippen LogP) is 3.98. The normalized spacial score (nSPS) is 24.8. The Hall–Kier alpha value is -3.13. The van der Waals surface area contributed by atoms with Gasteiger partial charge in [-0.1, -0.05) is 12.1 Å². The molecule has 7 nitrogen and oxygen atoms in total. The van der Waals surface area contributed by atoms with E-state index in [-0.39, 0.29) is 35.6 Å². The van der Waals surface area contributed by atoms with Crippen molar-refractivity contribution in [2.24, 2.45) is 11.0 Å². The minimum atomic E-state index is -0.432. The number of phenolic OH excluding ortho intramolecular Hbond substituents is 1. The molecule has 4 aliphatic rings. The fraction of sp³-hybridized carbons (Fsp3) is 0.462. The Morgan fingerprint density at radius 2 is 1.88 bits per heavy atom. The molecule has 0 radical (unpaired) electrons. The molecule has 2 amide bonds. The Kier molecular flexibility index (Phi) is 5.21. The number of aromatic hydroxyl groups is 1. The lowest BCUT2D eigenvalue weighted by atomic mass is 9.85. The van der Waals surface area contributed by atoms with Crippen LogP contribution in [-0.2, 0) is 0 Å². The average molecular weight is 465 g/mol. The second kappa shape index (κ2) is 8.27. The van der Waals surface area contributed by atoms with Crippen molar-refractivity contribution in [3.8, 4) is 11.5 Å². The zero-order chi connectivity index (χ0) is 23.4. The number of phenols is 1. The van der Waals surface area contributed by atoms with Gasteiger partial charge in [-0.2, -0.15) is 5.10 Å². The fourth-order valence-electron chi connectivity index (χ4n) is 5.60. The highest BCUT2D eigenvalue weighted by atomic mass is 19.1. The van der Waals surface area contributed by atoms with E-state index in [4.69, 9.17) is 9.84 Å². The molecule has 2 unspecified atom stereocenters. The number of urea groups is 1. The van der Waals surface area contributed by atoms with Gasteiger partial charge in [0.1, 0.15) is 17.3 Å². The molecular formula is C26H29FN4O3. The number of carbonyl (C=O) groups excluding carboxylic acids is 1. The summed E-state index contributed by atoms with van der Waals surface area (Å²) in [6, 6.07) is 11.3. The van der Waals surface area contributed by atoms with Crippen molar-refractivity contribution in [3.05, 3.63) is 59.4 Å². The number of carbonyl (C=O) groups is 1. The number of hydrazone groups is 1. The highest BCUT2D eigenvalue weighted by molar-refractivity contribution is 6.07. The Morgan fingerprint density at radius 1 is 1.12 bits per heavy atom. The van der Waals surface area contributed by atoms with Gasteiger partial charge < -0.3 is 19.6 Å². The first-order chi connectivity index (χ1) is 16.5. The summed E-state index contributed by atoms with van der Waals surface area (Å²) in [4.78, 5) is 18.5. The van der Waals surface area contributed by atoms with Crippen LogP contribution < -0.4 is 4.74 Å². The van der Waals surface area contributed by atoms with Gasteiger partial charge in [0.15, 0.2) is 0 Å². The first-order valence-corrected chi connectivity index (χ1v) is 12.1.